The zero-order valence-electron chi connectivity index (χ0n) is 9.10. The van der Waals surface area contributed by atoms with Crippen molar-refractivity contribution in [3.8, 4) is 0 Å². The maximum atomic E-state index is 9.19. The van der Waals surface area contributed by atoms with Crippen molar-refractivity contribution in [1.82, 2.24) is 0 Å². The van der Waals surface area contributed by atoms with Gasteiger partial charge in [-0.3, -0.25) is 4.55 Å². The molecule has 0 aromatic heterocycles. The summed E-state index contributed by atoms with van der Waals surface area (Å²) in [5.41, 5.74) is 2.85. The van der Waals surface area contributed by atoms with Gasteiger partial charge in [-0.05, 0) is 24.3 Å². The topological polar surface area (TPSA) is 54.4 Å². The summed E-state index contributed by atoms with van der Waals surface area (Å²) in [5, 5.41) is 0. The number of benzene rings is 1. The second kappa shape index (κ2) is 6.87. The summed E-state index contributed by atoms with van der Waals surface area (Å²) < 4.78 is 25.9. The molecule has 0 fully saturated rings. The zero-order chi connectivity index (χ0) is 11.9. The highest BCUT2D eigenvalue weighted by molar-refractivity contribution is 7.97. The van der Waals surface area contributed by atoms with Gasteiger partial charge in [-0.1, -0.05) is 24.3 Å². The minimum Gasteiger partial charge on any atom is -0.286 e. The lowest BCUT2D eigenvalue weighted by molar-refractivity contribution is 0.490. The summed E-state index contributed by atoms with van der Waals surface area (Å²) in [5.74, 6) is 1.13. The molecule has 0 aliphatic heterocycles. The van der Waals surface area contributed by atoms with Crippen LogP contribution < -0.4 is 0 Å². The minimum absolute atomic E-state index is 0.715. The van der Waals surface area contributed by atoms with Gasteiger partial charge in [-0.2, -0.15) is 20.2 Å². The Bertz CT molecular complexity index is 377. The molecule has 0 heterocycles. The van der Waals surface area contributed by atoms with E-state index in [1.165, 1.54) is 11.1 Å². The van der Waals surface area contributed by atoms with E-state index < -0.39 is 10.1 Å². The lowest BCUT2D eigenvalue weighted by atomic mass is 10.1. The van der Waals surface area contributed by atoms with E-state index >= 15 is 0 Å². The fourth-order valence-electron chi connectivity index (χ4n) is 0.928. The fourth-order valence-corrected chi connectivity index (χ4v) is 1.56. The van der Waals surface area contributed by atoms with Gasteiger partial charge in [-0.25, -0.2) is 0 Å². The average Bonchev–Trinajstić information content (AvgIpc) is 2.06. The molecule has 1 N–H and O–H groups in total. The first kappa shape index (κ1) is 14.5. The second-order valence-electron chi connectivity index (χ2n) is 3.09. The maximum absolute atomic E-state index is 9.19. The number of rotatable bonds is 2. The highest BCUT2D eigenvalue weighted by Gasteiger charge is 1.92. The predicted molar refractivity (Wildman–Crippen MR) is 65.9 cm³/mol. The van der Waals surface area contributed by atoms with Crippen LogP contribution in [-0.4, -0.2) is 25.5 Å². The van der Waals surface area contributed by atoms with E-state index in [2.05, 4.69) is 37.4 Å². The molecular formula is C10H16O3S2. The van der Waals surface area contributed by atoms with Crippen LogP contribution in [0.25, 0.3) is 0 Å². The Morgan fingerprint density at radius 2 is 1.80 bits per heavy atom. The van der Waals surface area contributed by atoms with Crippen LogP contribution in [0.4, 0.5) is 0 Å². The van der Waals surface area contributed by atoms with E-state index in [1.807, 2.05) is 11.8 Å². The normalized spacial score (nSPS) is 10.4. The molecule has 0 bridgehead atoms. The molecule has 1 rings (SSSR count). The van der Waals surface area contributed by atoms with Crippen molar-refractivity contribution in [2.24, 2.45) is 0 Å². The van der Waals surface area contributed by atoms with Crippen molar-refractivity contribution >= 4 is 21.9 Å². The zero-order valence-corrected chi connectivity index (χ0v) is 10.7. The standard InChI is InChI=1S/C9H12S.CH4O3S/c1-8-5-3-4-6-9(8)7-10-2;1-5(2,3)4/h3-6H,7H2,1-2H3;1H3,(H,2,3,4). The molecule has 0 saturated heterocycles. The summed E-state index contributed by atoms with van der Waals surface area (Å²) >= 11 is 1.87. The molecule has 0 saturated carbocycles. The first-order valence-corrected chi connectivity index (χ1v) is 7.54. The third kappa shape index (κ3) is 9.78. The molecule has 86 valence electrons. The Labute approximate surface area is 95.6 Å². The van der Waals surface area contributed by atoms with Crippen molar-refractivity contribution in [2.75, 3.05) is 12.5 Å². The van der Waals surface area contributed by atoms with Gasteiger partial charge in [0.25, 0.3) is 10.1 Å². The van der Waals surface area contributed by atoms with Gasteiger partial charge in [0.15, 0.2) is 0 Å². The second-order valence-corrected chi connectivity index (χ2v) is 5.42. The molecule has 15 heavy (non-hydrogen) atoms. The van der Waals surface area contributed by atoms with E-state index in [9.17, 15) is 8.42 Å². The smallest absolute Gasteiger partial charge is 0.261 e. The monoisotopic (exact) mass is 248 g/mol. The first-order valence-electron chi connectivity index (χ1n) is 4.30. The van der Waals surface area contributed by atoms with Gasteiger partial charge in [0.05, 0.1) is 6.26 Å². The lowest BCUT2D eigenvalue weighted by Crippen LogP contribution is -1.88. The number of thioether (sulfide) groups is 1. The van der Waals surface area contributed by atoms with Gasteiger partial charge in [0.2, 0.25) is 0 Å². The maximum Gasteiger partial charge on any atom is 0.261 e. The SMILES string of the molecule is CS(=O)(=O)O.CSCc1ccccc1C. The molecule has 0 spiro atoms. The van der Waals surface area contributed by atoms with E-state index in [0.29, 0.717) is 6.26 Å². The van der Waals surface area contributed by atoms with Gasteiger partial charge < -0.3 is 0 Å². The molecule has 1 aromatic carbocycles. The third-order valence-corrected chi connectivity index (χ3v) is 2.16. The largest absolute Gasteiger partial charge is 0.286 e. The first-order chi connectivity index (χ1) is 6.84. The summed E-state index contributed by atoms with van der Waals surface area (Å²) in [7, 11) is -3.67. The lowest BCUT2D eigenvalue weighted by Gasteiger charge is -2.00. The van der Waals surface area contributed by atoms with Crippen LogP contribution in [0.2, 0.25) is 0 Å². The summed E-state index contributed by atoms with van der Waals surface area (Å²) in [6.45, 7) is 2.16. The van der Waals surface area contributed by atoms with Crippen LogP contribution in [0, 0.1) is 6.92 Å². The predicted octanol–water partition coefficient (Wildman–Crippen LogP) is 2.36. The Kier molecular flexibility index (Phi) is 6.63. The van der Waals surface area contributed by atoms with Crippen LogP contribution in [0.5, 0.6) is 0 Å². The minimum atomic E-state index is -3.67. The molecule has 0 atom stereocenters. The van der Waals surface area contributed by atoms with Gasteiger partial charge in [-0.15, -0.1) is 0 Å². The van der Waals surface area contributed by atoms with E-state index in [1.54, 1.807) is 0 Å². The van der Waals surface area contributed by atoms with Crippen LogP contribution in [0.1, 0.15) is 11.1 Å². The van der Waals surface area contributed by atoms with Crippen LogP contribution in [-0.2, 0) is 15.9 Å². The molecule has 0 amide bonds. The number of hydrogen-bond acceptors (Lipinski definition) is 3. The van der Waals surface area contributed by atoms with Crippen molar-refractivity contribution in [2.45, 2.75) is 12.7 Å². The molecule has 0 radical (unpaired) electrons. The quantitative estimate of drug-likeness (QED) is 0.816. The van der Waals surface area contributed by atoms with Gasteiger partial charge in [0.1, 0.15) is 0 Å². The van der Waals surface area contributed by atoms with Crippen molar-refractivity contribution < 1.29 is 13.0 Å². The molecule has 0 aliphatic rings. The van der Waals surface area contributed by atoms with E-state index in [0.717, 1.165) is 5.75 Å². The summed E-state index contributed by atoms with van der Waals surface area (Å²) in [4.78, 5) is 0. The van der Waals surface area contributed by atoms with E-state index in [-0.39, 0.29) is 0 Å². The Hall–Kier alpha value is -0.520. The summed E-state index contributed by atoms with van der Waals surface area (Å²) in [6.07, 6.45) is 2.85. The van der Waals surface area contributed by atoms with E-state index in [4.69, 9.17) is 4.55 Å². The van der Waals surface area contributed by atoms with Crippen molar-refractivity contribution in [3.05, 3.63) is 35.4 Å². The Balaban J connectivity index is 0.000000336. The van der Waals surface area contributed by atoms with Gasteiger partial charge >= 0.3 is 0 Å². The molecule has 1 aromatic rings. The Morgan fingerprint density at radius 1 is 1.33 bits per heavy atom. The molecule has 3 nitrogen and oxygen atoms in total. The van der Waals surface area contributed by atoms with Crippen molar-refractivity contribution in [1.29, 1.82) is 0 Å². The highest BCUT2D eigenvalue weighted by atomic mass is 32.2. The molecule has 5 heteroatoms. The number of hydrogen-bond donors (Lipinski definition) is 1. The third-order valence-electron chi connectivity index (χ3n) is 1.56. The molecule has 0 unspecified atom stereocenters. The molecular weight excluding hydrogens is 232 g/mol. The van der Waals surface area contributed by atoms with Gasteiger partial charge in [0, 0.05) is 5.75 Å². The number of aryl methyl sites for hydroxylation is 1. The molecule has 0 aliphatic carbocycles. The fraction of sp³-hybridized carbons (Fsp3) is 0.400. The Morgan fingerprint density at radius 3 is 2.20 bits per heavy atom. The van der Waals surface area contributed by atoms with Crippen LogP contribution in [0.15, 0.2) is 24.3 Å². The van der Waals surface area contributed by atoms with Crippen LogP contribution >= 0.6 is 11.8 Å². The van der Waals surface area contributed by atoms with Crippen molar-refractivity contribution in [3.63, 3.8) is 0 Å². The average molecular weight is 248 g/mol. The highest BCUT2D eigenvalue weighted by Crippen LogP contribution is 2.12. The van der Waals surface area contributed by atoms with Crippen LogP contribution in [0.3, 0.4) is 0 Å². The summed E-state index contributed by atoms with van der Waals surface area (Å²) in [6, 6.07) is 8.52.